The lowest BCUT2D eigenvalue weighted by Gasteiger charge is -2.11. The molecule has 0 amide bonds. The van der Waals surface area contributed by atoms with Crippen molar-refractivity contribution in [3.63, 3.8) is 0 Å². The van der Waals surface area contributed by atoms with Crippen LogP contribution in [0.4, 0.5) is 0 Å². The maximum absolute atomic E-state index is 5.78. The number of rotatable bonds is 4. The van der Waals surface area contributed by atoms with E-state index < -0.39 is 0 Å². The molecule has 88 valence electrons. The molecule has 2 rings (SSSR count). The van der Waals surface area contributed by atoms with E-state index in [2.05, 4.69) is 4.98 Å². The molecule has 2 N–H and O–H groups in total. The summed E-state index contributed by atoms with van der Waals surface area (Å²) in [5.74, 6) is 0.910. The number of aromatic nitrogens is 1. The Morgan fingerprint density at radius 1 is 1.18 bits per heavy atom. The van der Waals surface area contributed by atoms with Gasteiger partial charge in [-0.15, -0.1) is 0 Å². The number of nitrogens with zero attached hydrogens (tertiary/aromatic N) is 1. The fourth-order valence-corrected chi connectivity index (χ4v) is 1.65. The molecule has 17 heavy (non-hydrogen) atoms. The van der Waals surface area contributed by atoms with Crippen molar-refractivity contribution in [3.05, 3.63) is 59.4 Å². The molecule has 1 aromatic carbocycles. The van der Waals surface area contributed by atoms with E-state index in [9.17, 15) is 0 Å². The Labute approximate surface area is 101 Å². The Hall–Kier alpha value is -1.87. The number of pyridine rings is 1. The number of hydrogen-bond acceptors (Lipinski definition) is 3. The second kappa shape index (κ2) is 5.46. The number of hydrogen-bond donors (Lipinski definition) is 1. The zero-order chi connectivity index (χ0) is 12.1. The Kier molecular flexibility index (Phi) is 3.73. The van der Waals surface area contributed by atoms with Crippen LogP contribution in [0.1, 0.15) is 16.7 Å². The monoisotopic (exact) mass is 228 g/mol. The SMILES string of the molecule is Cc1ccccc1OCc1ccncc1CN. The van der Waals surface area contributed by atoms with E-state index in [1.807, 2.05) is 37.3 Å². The molecule has 0 aliphatic carbocycles. The summed E-state index contributed by atoms with van der Waals surface area (Å²) in [6.45, 7) is 3.05. The Balaban J connectivity index is 2.10. The summed E-state index contributed by atoms with van der Waals surface area (Å²) in [6, 6.07) is 9.92. The van der Waals surface area contributed by atoms with Crippen LogP contribution in [0.25, 0.3) is 0 Å². The predicted octanol–water partition coefficient (Wildman–Crippen LogP) is 2.43. The van der Waals surface area contributed by atoms with Crippen molar-refractivity contribution in [1.29, 1.82) is 0 Å². The lowest BCUT2D eigenvalue weighted by atomic mass is 10.1. The molecule has 0 saturated carbocycles. The van der Waals surface area contributed by atoms with Gasteiger partial charge in [-0.25, -0.2) is 0 Å². The zero-order valence-corrected chi connectivity index (χ0v) is 9.89. The van der Waals surface area contributed by atoms with Crippen molar-refractivity contribution in [2.75, 3.05) is 0 Å². The van der Waals surface area contributed by atoms with E-state index in [1.165, 1.54) is 0 Å². The number of nitrogens with two attached hydrogens (primary N) is 1. The summed E-state index contributed by atoms with van der Waals surface area (Å²) in [5, 5.41) is 0. The van der Waals surface area contributed by atoms with Crippen LogP contribution in [0.3, 0.4) is 0 Å². The van der Waals surface area contributed by atoms with Gasteiger partial charge in [0.05, 0.1) is 0 Å². The molecule has 0 spiro atoms. The molecule has 0 saturated heterocycles. The molecule has 0 fully saturated rings. The number of aryl methyl sites for hydroxylation is 1. The topological polar surface area (TPSA) is 48.1 Å². The first-order chi connectivity index (χ1) is 8.31. The van der Waals surface area contributed by atoms with Gasteiger partial charge in [0.2, 0.25) is 0 Å². The quantitative estimate of drug-likeness (QED) is 0.874. The van der Waals surface area contributed by atoms with Crippen LogP contribution in [0, 0.1) is 6.92 Å². The van der Waals surface area contributed by atoms with Crippen molar-refractivity contribution < 1.29 is 4.74 Å². The van der Waals surface area contributed by atoms with E-state index in [-0.39, 0.29) is 0 Å². The van der Waals surface area contributed by atoms with Gasteiger partial charge in [-0.3, -0.25) is 4.98 Å². The van der Waals surface area contributed by atoms with Gasteiger partial charge in [0.1, 0.15) is 12.4 Å². The lowest BCUT2D eigenvalue weighted by Crippen LogP contribution is -2.05. The highest BCUT2D eigenvalue weighted by Crippen LogP contribution is 2.18. The van der Waals surface area contributed by atoms with Crippen molar-refractivity contribution in [2.24, 2.45) is 5.73 Å². The number of benzene rings is 1. The minimum atomic E-state index is 0.486. The smallest absolute Gasteiger partial charge is 0.122 e. The Morgan fingerprint density at radius 3 is 2.76 bits per heavy atom. The number of ether oxygens (including phenoxy) is 1. The third-order valence-electron chi connectivity index (χ3n) is 2.70. The first-order valence-corrected chi connectivity index (χ1v) is 5.61. The summed E-state index contributed by atoms with van der Waals surface area (Å²) in [6.07, 6.45) is 3.55. The van der Waals surface area contributed by atoms with Gasteiger partial charge in [-0.1, -0.05) is 18.2 Å². The van der Waals surface area contributed by atoms with E-state index in [4.69, 9.17) is 10.5 Å². The third kappa shape index (κ3) is 2.82. The minimum absolute atomic E-state index is 0.486. The van der Waals surface area contributed by atoms with Gasteiger partial charge in [-0.2, -0.15) is 0 Å². The molecule has 0 atom stereocenters. The lowest BCUT2D eigenvalue weighted by molar-refractivity contribution is 0.302. The minimum Gasteiger partial charge on any atom is -0.489 e. The molecule has 0 bridgehead atoms. The second-order valence-corrected chi connectivity index (χ2v) is 3.90. The summed E-state index contributed by atoms with van der Waals surface area (Å²) in [7, 11) is 0. The van der Waals surface area contributed by atoms with Gasteiger partial charge < -0.3 is 10.5 Å². The first-order valence-electron chi connectivity index (χ1n) is 5.61. The van der Waals surface area contributed by atoms with E-state index >= 15 is 0 Å². The Morgan fingerprint density at radius 2 is 2.00 bits per heavy atom. The van der Waals surface area contributed by atoms with Crippen molar-refractivity contribution in [2.45, 2.75) is 20.1 Å². The summed E-state index contributed by atoms with van der Waals surface area (Å²) < 4.78 is 5.78. The molecule has 1 heterocycles. The van der Waals surface area contributed by atoms with Crippen LogP contribution in [0.2, 0.25) is 0 Å². The standard InChI is InChI=1S/C14H16N2O/c1-11-4-2-3-5-14(11)17-10-12-6-7-16-9-13(12)8-15/h2-7,9H,8,10,15H2,1H3. The van der Waals surface area contributed by atoms with Crippen LogP contribution < -0.4 is 10.5 Å². The molecular weight excluding hydrogens is 212 g/mol. The highest BCUT2D eigenvalue weighted by molar-refractivity contribution is 5.32. The van der Waals surface area contributed by atoms with Crippen LogP contribution in [-0.4, -0.2) is 4.98 Å². The van der Waals surface area contributed by atoms with Crippen LogP contribution in [0.15, 0.2) is 42.7 Å². The highest BCUT2D eigenvalue weighted by Gasteiger charge is 2.03. The van der Waals surface area contributed by atoms with Gasteiger partial charge in [0.25, 0.3) is 0 Å². The van der Waals surface area contributed by atoms with Crippen molar-refractivity contribution >= 4 is 0 Å². The molecule has 2 aromatic rings. The third-order valence-corrected chi connectivity index (χ3v) is 2.70. The van der Waals surface area contributed by atoms with Gasteiger partial charge in [0, 0.05) is 18.9 Å². The maximum Gasteiger partial charge on any atom is 0.122 e. The molecule has 0 unspecified atom stereocenters. The van der Waals surface area contributed by atoms with Crippen LogP contribution >= 0.6 is 0 Å². The summed E-state index contributed by atoms with van der Waals surface area (Å²) >= 11 is 0. The van der Waals surface area contributed by atoms with Crippen LogP contribution in [-0.2, 0) is 13.2 Å². The normalized spacial score (nSPS) is 10.2. The average Bonchev–Trinajstić information content (AvgIpc) is 2.38. The van der Waals surface area contributed by atoms with Crippen molar-refractivity contribution in [3.8, 4) is 5.75 Å². The van der Waals surface area contributed by atoms with Gasteiger partial charge in [-0.05, 0) is 35.7 Å². The predicted molar refractivity (Wildman–Crippen MR) is 67.6 cm³/mol. The van der Waals surface area contributed by atoms with Gasteiger partial charge in [0.15, 0.2) is 0 Å². The molecule has 0 radical (unpaired) electrons. The second-order valence-electron chi connectivity index (χ2n) is 3.90. The molecule has 3 heteroatoms. The maximum atomic E-state index is 5.78. The summed E-state index contributed by atoms with van der Waals surface area (Å²) in [5.41, 5.74) is 8.91. The summed E-state index contributed by atoms with van der Waals surface area (Å²) in [4.78, 5) is 4.05. The van der Waals surface area contributed by atoms with E-state index in [0.29, 0.717) is 13.2 Å². The first kappa shape index (κ1) is 11.6. The molecule has 0 aliphatic rings. The van der Waals surface area contributed by atoms with Crippen molar-refractivity contribution in [1.82, 2.24) is 4.98 Å². The van der Waals surface area contributed by atoms with Crippen LogP contribution in [0.5, 0.6) is 5.75 Å². The largest absolute Gasteiger partial charge is 0.489 e. The highest BCUT2D eigenvalue weighted by atomic mass is 16.5. The molecular formula is C14H16N2O. The molecule has 1 aromatic heterocycles. The average molecular weight is 228 g/mol. The van der Waals surface area contributed by atoms with Gasteiger partial charge >= 0.3 is 0 Å². The molecule has 0 aliphatic heterocycles. The Bertz CT molecular complexity index is 497. The zero-order valence-electron chi connectivity index (χ0n) is 9.89. The van der Waals surface area contributed by atoms with E-state index in [0.717, 1.165) is 22.4 Å². The van der Waals surface area contributed by atoms with E-state index in [1.54, 1.807) is 12.4 Å². The fraction of sp³-hybridized carbons (Fsp3) is 0.214. The molecule has 3 nitrogen and oxygen atoms in total. The number of para-hydroxylation sites is 1. The fourth-order valence-electron chi connectivity index (χ4n) is 1.65.